The number of fused-ring (bicyclic) bond motifs is 1. The van der Waals surface area contributed by atoms with E-state index in [0.717, 1.165) is 25.9 Å². The predicted octanol–water partition coefficient (Wildman–Crippen LogP) is 1.33. The largest absolute Gasteiger partial charge is 0.383 e. The summed E-state index contributed by atoms with van der Waals surface area (Å²) in [7, 11) is -3.63. The van der Waals surface area contributed by atoms with Gasteiger partial charge in [0, 0.05) is 22.8 Å². The second-order valence-electron chi connectivity index (χ2n) is 5.71. The molecule has 0 bridgehead atoms. The van der Waals surface area contributed by atoms with Gasteiger partial charge in [0.15, 0.2) is 0 Å². The van der Waals surface area contributed by atoms with E-state index in [1.54, 1.807) is 0 Å². The third-order valence-corrected chi connectivity index (χ3v) is 6.26. The van der Waals surface area contributed by atoms with Crippen LogP contribution in [0.1, 0.15) is 25.7 Å². The van der Waals surface area contributed by atoms with Crippen molar-refractivity contribution in [2.75, 3.05) is 18.8 Å². The van der Waals surface area contributed by atoms with Crippen LogP contribution in [-0.4, -0.2) is 43.5 Å². The molecule has 6 nitrogen and oxygen atoms in total. The number of nitrogen functional groups attached to an aromatic ring is 1. The van der Waals surface area contributed by atoms with Crippen LogP contribution in [0.2, 0.25) is 0 Å². The van der Waals surface area contributed by atoms with E-state index >= 15 is 0 Å². The zero-order valence-electron chi connectivity index (χ0n) is 11.6. The maximum Gasteiger partial charge on any atom is 0.244 e. The van der Waals surface area contributed by atoms with Gasteiger partial charge in [0.2, 0.25) is 10.0 Å². The van der Waals surface area contributed by atoms with Gasteiger partial charge in [-0.15, -0.1) is 0 Å². The number of anilines is 1. The number of nitrogens with zero attached hydrogens (tertiary/aromatic N) is 2. The van der Waals surface area contributed by atoms with Crippen molar-refractivity contribution in [3.8, 4) is 0 Å². The second kappa shape index (κ2) is 5.83. The molecule has 116 valence electrons. The maximum atomic E-state index is 12.5. The molecule has 2 fully saturated rings. The topological polar surface area (TPSA) is 88.3 Å². The van der Waals surface area contributed by atoms with Gasteiger partial charge in [-0.3, -0.25) is 0 Å². The highest BCUT2D eigenvalue weighted by molar-refractivity contribution is 9.10. The number of nitrogens with two attached hydrogens (primary N) is 1. The molecule has 0 amide bonds. The van der Waals surface area contributed by atoms with E-state index in [0.29, 0.717) is 10.5 Å². The van der Waals surface area contributed by atoms with Crippen LogP contribution in [0.15, 0.2) is 21.6 Å². The minimum atomic E-state index is -3.63. The zero-order chi connectivity index (χ0) is 15.0. The number of hydrogen-bond donors (Lipinski definition) is 2. The van der Waals surface area contributed by atoms with Crippen LogP contribution in [0.5, 0.6) is 0 Å². The third-order valence-electron chi connectivity index (χ3n) is 4.28. The molecular weight excluding hydrogens is 356 g/mol. The normalized spacial score (nSPS) is 26.7. The molecule has 3 rings (SSSR count). The first-order valence-electron chi connectivity index (χ1n) is 7.13. The first-order chi connectivity index (χ1) is 9.95. The Morgan fingerprint density at radius 2 is 2.19 bits per heavy atom. The van der Waals surface area contributed by atoms with Crippen LogP contribution >= 0.6 is 15.9 Å². The van der Waals surface area contributed by atoms with Crippen LogP contribution in [0.3, 0.4) is 0 Å². The van der Waals surface area contributed by atoms with Gasteiger partial charge in [-0.2, -0.15) is 0 Å². The van der Waals surface area contributed by atoms with Crippen molar-refractivity contribution >= 4 is 31.8 Å². The van der Waals surface area contributed by atoms with E-state index in [9.17, 15) is 8.42 Å². The van der Waals surface area contributed by atoms with Gasteiger partial charge < -0.3 is 10.6 Å². The Balaban J connectivity index is 1.75. The standard InChI is InChI=1S/C13H19BrN4O2S/c14-9-6-12(13(15)16-8-9)21(19,20)17-10-3-5-18-4-1-2-11(18)7-10/h6,8,10-11,17H,1-5,7H2,(H2,15,16). The van der Waals surface area contributed by atoms with E-state index in [2.05, 4.69) is 30.5 Å². The Hall–Kier alpha value is -0.700. The Kier molecular flexibility index (Phi) is 4.22. The first kappa shape index (κ1) is 15.2. The van der Waals surface area contributed by atoms with Gasteiger partial charge >= 0.3 is 0 Å². The summed E-state index contributed by atoms with van der Waals surface area (Å²) < 4.78 is 28.4. The summed E-state index contributed by atoms with van der Waals surface area (Å²) in [5.41, 5.74) is 5.71. The molecule has 0 spiro atoms. The smallest absolute Gasteiger partial charge is 0.244 e. The lowest BCUT2D eigenvalue weighted by molar-refractivity contribution is 0.176. The molecule has 1 aromatic rings. The monoisotopic (exact) mass is 374 g/mol. The van der Waals surface area contributed by atoms with Crippen LogP contribution in [0.4, 0.5) is 5.82 Å². The van der Waals surface area contributed by atoms with E-state index in [1.165, 1.54) is 25.1 Å². The molecule has 0 aliphatic carbocycles. The summed E-state index contributed by atoms with van der Waals surface area (Å²) in [6.07, 6.45) is 5.59. The van der Waals surface area contributed by atoms with Crippen molar-refractivity contribution < 1.29 is 8.42 Å². The molecule has 2 aliphatic rings. The molecule has 8 heteroatoms. The van der Waals surface area contributed by atoms with Crippen molar-refractivity contribution in [3.05, 3.63) is 16.7 Å². The number of halogens is 1. The lowest BCUT2D eigenvalue weighted by Gasteiger charge is -2.34. The summed E-state index contributed by atoms with van der Waals surface area (Å²) in [6, 6.07) is 1.99. The summed E-state index contributed by atoms with van der Waals surface area (Å²) >= 11 is 3.23. The molecule has 2 saturated heterocycles. The highest BCUT2D eigenvalue weighted by Gasteiger charge is 2.34. The van der Waals surface area contributed by atoms with Gasteiger partial charge in [0.25, 0.3) is 0 Å². The van der Waals surface area contributed by atoms with E-state index < -0.39 is 10.0 Å². The Bertz CT molecular complexity index is 637. The van der Waals surface area contributed by atoms with Crippen LogP contribution < -0.4 is 10.5 Å². The molecule has 3 heterocycles. The first-order valence-corrected chi connectivity index (χ1v) is 9.41. The van der Waals surface area contributed by atoms with Gasteiger partial charge in [0.1, 0.15) is 10.7 Å². The molecule has 0 aromatic carbocycles. The minimum Gasteiger partial charge on any atom is -0.383 e. The van der Waals surface area contributed by atoms with Gasteiger partial charge in [0.05, 0.1) is 0 Å². The predicted molar refractivity (Wildman–Crippen MR) is 84.3 cm³/mol. The molecule has 2 aliphatic heterocycles. The van der Waals surface area contributed by atoms with E-state index in [-0.39, 0.29) is 16.8 Å². The molecule has 3 N–H and O–H groups in total. The van der Waals surface area contributed by atoms with Crippen molar-refractivity contribution in [1.82, 2.24) is 14.6 Å². The fourth-order valence-corrected chi connectivity index (χ4v) is 5.13. The highest BCUT2D eigenvalue weighted by Crippen LogP contribution is 2.28. The average Bonchev–Trinajstić information content (AvgIpc) is 2.88. The Labute approximate surface area is 133 Å². The van der Waals surface area contributed by atoms with Gasteiger partial charge in [-0.1, -0.05) is 0 Å². The van der Waals surface area contributed by atoms with E-state index in [4.69, 9.17) is 5.73 Å². The van der Waals surface area contributed by atoms with Crippen LogP contribution in [-0.2, 0) is 10.0 Å². The van der Waals surface area contributed by atoms with Crippen molar-refractivity contribution in [2.45, 2.75) is 42.7 Å². The molecular formula is C13H19BrN4O2S. The Morgan fingerprint density at radius 1 is 1.38 bits per heavy atom. The SMILES string of the molecule is Nc1ncc(Br)cc1S(=O)(=O)NC1CCN2CCCC2C1. The summed E-state index contributed by atoms with van der Waals surface area (Å²) in [6.45, 7) is 2.11. The minimum absolute atomic E-state index is 0.0206. The van der Waals surface area contributed by atoms with Crippen molar-refractivity contribution in [3.63, 3.8) is 0 Å². The molecule has 21 heavy (non-hydrogen) atoms. The zero-order valence-corrected chi connectivity index (χ0v) is 14.0. The third kappa shape index (κ3) is 3.23. The van der Waals surface area contributed by atoms with Crippen LogP contribution in [0.25, 0.3) is 0 Å². The fraction of sp³-hybridized carbons (Fsp3) is 0.615. The fourth-order valence-electron chi connectivity index (χ4n) is 3.26. The highest BCUT2D eigenvalue weighted by atomic mass is 79.9. The quantitative estimate of drug-likeness (QED) is 0.832. The summed E-state index contributed by atoms with van der Waals surface area (Å²) in [5, 5.41) is 0. The van der Waals surface area contributed by atoms with Gasteiger partial charge in [-0.25, -0.2) is 18.1 Å². The number of aromatic nitrogens is 1. The maximum absolute atomic E-state index is 12.5. The lowest BCUT2D eigenvalue weighted by Crippen LogP contribution is -2.47. The molecule has 1 aromatic heterocycles. The number of sulfonamides is 1. The number of rotatable bonds is 3. The number of piperidine rings is 1. The average molecular weight is 375 g/mol. The van der Waals surface area contributed by atoms with Crippen molar-refractivity contribution in [2.24, 2.45) is 0 Å². The van der Waals surface area contributed by atoms with Gasteiger partial charge in [-0.05, 0) is 60.8 Å². The number of nitrogens with one attached hydrogen (secondary N) is 1. The van der Waals surface area contributed by atoms with Crippen molar-refractivity contribution in [1.29, 1.82) is 0 Å². The summed E-state index contributed by atoms with van der Waals surface area (Å²) in [4.78, 5) is 6.40. The second-order valence-corrected chi connectivity index (χ2v) is 8.31. The molecule has 2 atom stereocenters. The summed E-state index contributed by atoms with van der Waals surface area (Å²) in [5.74, 6) is 0.0315. The van der Waals surface area contributed by atoms with Crippen LogP contribution in [0, 0.1) is 0 Å². The molecule has 0 radical (unpaired) electrons. The number of pyridine rings is 1. The van der Waals surface area contributed by atoms with E-state index in [1.807, 2.05) is 0 Å². The molecule has 2 unspecified atom stereocenters. The molecule has 0 saturated carbocycles. The number of hydrogen-bond acceptors (Lipinski definition) is 5. The lowest BCUT2D eigenvalue weighted by atomic mass is 9.99. The Morgan fingerprint density at radius 3 is 3.00 bits per heavy atom.